The standard InChI is InChI=1S/C13H17F3N2O3S.ClH/c14-11-7-10(4-5-12(11)21-13(15)16)22(19,20)18-8-9-3-1-2-6-17-9;/h4-5,7,9,13,17-18H,1-3,6,8H2;1H. The molecule has 0 spiro atoms. The van der Waals surface area contributed by atoms with Crippen LogP contribution in [0.1, 0.15) is 19.3 Å². The van der Waals surface area contributed by atoms with Crippen LogP contribution in [0.15, 0.2) is 23.1 Å². The number of halogens is 4. The van der Waals surface area contributed by atoms with Crippen LogP contribution in [0, 0.1) is 5.82 Å². The Hall–Kier alpha value is -1.03. The molecule has 0 radical (unpaired) electrons. The van der Waals surface area contributed by atoms with Crippen molar-refractivity contribution in [3.8, 4) is 5.75 Å². The Morgan fingerprint density at radius 1 is 1.35 bits per heavy atom. The van der Waals surface area contributed by atoms with Crippen LogP contribution in [0.2, 0.25) is 0 Å². The molecule has 5 nitrogen and oxygen atoms in total. The van der Waals surface area contributed by atoms with E-state index in [2.05, 4.69) is 14.8 Å². The quantitative estimate of drug-likeness (QED) is 0.801. The molecule has 1 unspecified atom stereocenters. The molecule has 2 rings (SSSR count). The third-order valence-electron chi connectivity index (χ3n) is 3.36. The second-order valence-electron chi connectivity index (χ2n) is 4.97. The lowest BCUT2D eigenvalue weighted by atomic mass is 10.1. The fourth-order valence-corrected chi connectivity index (χ4v) is 3.33. The van der Waals surface area contributed by atoms with E-state index in [1.54, 1.807) is 0 Å². The molecule has 1 aliphatic rings. The van der Waals surface area contributed by atoms with E-state index in [9.17, 15) is 21.6 Å². The summed E-state index contributed by atoms with van der Waals surface area (Å²) >= 11 is 0. The van der Waals surface area contributed by atoms with Crippen LogP contribution in [0.25, 0.3) is 0 Å². The van der Waals surface area contributed by atoms with Crippen molar-refractivity contribution in [1.82, 2.24) is 10.0 Å². The van der Waals surface area contributed by atoms with Crippen LogP contribution in [0.3, 0.4) is 0 Å². The average Bonchev–Trinajstić information content (AvgIpc) is 2.48. The lowest BCUT2D eigenvalue weighted by Gasteiger charge is -2.23. The Morgan fingerprint density at radius 3 is 2.65 bits per heavy atom. The van der Waals surface area contributed by atoms with Gasteiger partial charge < -0.3 is 10.1 Å². The molecule has 0 saturated carbocycles. The van der Waals surface area contributed by atoms with Gasteiger partial charge in [0.15, 0.2) is 11.6 Å². The minimum Gasteiger partial charge on any atom is -0.432 e. The van der Waals surface area contributed by atoms with Crippen LogP contribution in [0.5, 0.6) is 5.75 Å². The molecule has 10 heteroatoms. The maximum absolute atomic E-state index is 13.6. The van der Waals surface area contributed by atoms with Gasteiger partial charge in [-0.1, -0.05) is 6.42 Å². The van der Waals surface area contributed by atoms with E-state index in [1.165, 1.54) is 0 Å². The average molecular weight is 375 g/mol. The molecule has 0 bridgehead atoms. The van der Waals surface area contributed by atoms with Crippen LogP contribution in [0.4, 0.5) is 13.2 Å². The SMILES string of the molecule is Cl.O=S(=O)(NCC1CCCCN1)c1ccc(OC(F)F)c(F)c1. The Balaban J connectivity index is 0.00000264. The molecule has 1 aliphatic heterocycles. The van der Waals surface area contributed by atoms with E-state index in [-0.39, 0.29) is 29.9 Å². The smallest absolute Gasteiger partial charge is 0.387 e. The molecule has 1 fully saturated rings. The molecule has 1 aromatic carbocycles. The van der Waals surface area contributed by atoms with Crippen molar-refractivity contribution < 1.29 is 26.3 Å². The monoisotopic (exact) mass is 374 g/mol. The molecular formula is C13H18ClF3N2O3S. The first-order valence-electron chi connectivity index (χ1n) is 6.86. The van der Waals surface area contributed by atoms with E-state index in [1.807, 2.05) is 0 Å². The Bertz CT molecular complexity index is 610. The summed E-state index contributed by atoms with van der Waals surface area (Å²) in [7, 11) is -3.90. The second kappa shape index (κ2) is 8.72. The van der Waals surface area contributed by atoms with E-state index in [4.69, 9.17) is 0 Å². The number of benzene rings is 1. The zero-order valence-electron chi connectivity index (χ0n) is 12.1. The van der Waals surface area contributed by atoms with Gasteiger partial charge in [-0.25, -0.2) is 17.5 Å². The number of alkyl halides is 2. The van der Waals surface area contributed by atoms with Crippen LogP contribution in [-0.2, 0) is 10.0 Å². The third kappa shape index (κ3) is 5.83. The van der Waals surface area contributed by atoms with Gasteiger partial charge in [-0.15, -0.1) is 12.4 Å². The van der Waals surface area contributed by atoms with Crippen molar-refractivity contribution in [2.45, 2.75) is 36.8 Å². The first kappa shape index (κ1) is 20.0. The maximum atomic E-state index is 13.6. The number of ether oxygens (including phenoxy) is 1. The summed E-state index contributed by atoms with van der Waals surface area (Å²) in [4.78, 5) is -0.331. The second-order valence-corrected chi connectivity index (χ2v) is 6.74. The molecule has 1 saturated heterocycles. The van der Waals surface area contributed by atoms with E-state index in [0.29, 0.717) is 6.07 Å². The molecule has 1 atom stereocenters. The van der Waals surface area contributed by atoms with Gasteiger partial charge in [0, 0.05) is 12.6 Å². The highest BCUT2D eigenvalue weighted by Crippen LogP contribution is 2.22. The predicted octanol–water partition coefficient (Wildman–Crippen LogP) is 2.27. The summed E-state index contributed by atoms with van der Waals surface area (Å²) in [5.41, 5.74) is 0. The number of rotatable bonds is 6. The molecule has 1 aromatic rings. The first-order valence-corrected chi connectivity index (χ1v) is 8.34. The van der Waals surface area contributed by atoms with Gasteiger partial charge in [0.2, 0.25) is 10.0 Å². The Morgan fingerprint density at radius 2 is 2.09 bits per heavy atom. The summed E-state index contributed by atoms with van der Waals surface area (Å²) in [5.74, 6) is -1.85. The number of hydrogen-bond donors (Lipinski definition) is 2. The zero-order chi connectivity index (χ0) is 16.2. The van der Waals surface area contributed by atoms with Gasteiger partial charge in [0.05, 0.1) is 4.90 Å². The van der Waals surface area contributed by atoms with Gasteiger partial charge in [-0.05, 0) is 37.6 Å². The minimum atomic E-state index is -3.90. The fraction of sp³-hybridized carbons (Fsp3) is 0.538. The highest BCUT2D eigenvalue weighted by Gasteiger charge is 2.20. The molecule has 0 aliphatic carbocycles. The van der Waals surface area contributed by atoms with Crippen molar-refractivity contribution in [3.63, 3.8) is 0 Å². The number of sulfonamides is 1. The first-order chi connectivity index (χ1) is 10.4. The van der Waals surface area contributed by atoms with Crippen molar-refractivity contribution in [2.75, 3.05) is 13.1 Å². The minimum absolute atomic E-state index is 0. The fourth-order valence-electron chi connectivity index (χ4n) is 2.23. The number of nitrogens with one attached hydrogen (secondary N) is 2. The third-order valence-corrected chi connectivity index (χ3v) is 4.78. The Labute approximate surface area is 139 Å². The highest BCUT2D eigenvalue weighted by molar-refractivity contribution is 7.89. The van der Waals surface area contributed by atoms with Gasteiger partial charge in [-0.2, -0.15) is 8.78 Å². The lowest BCUT2D eigenvalue weighted by molar-refractivity contribution is -0.0522. The van der Waals surface area contributed by atoms with E-state index in [0.717, 1.165) is 37.9 Å². The van der Waals surface area contributed by atoms with Crippen molar-refractivity contribution in [1.29, 1.82) is 0 Å². The van der Waals surface area contributed by atoms with E-state index >= 15 is 0 Å². The van der Waals surface area contributed by atoms with Crippen LogP contribution >= 0.6 is 12.4 Å². The molecular weight excluding hydrogens is 357 g/mol. The largest absolute Gasteiger partial charge is 0.432 e. The summed E-state index contributed by atoms with van der Waals surface area (Å²) in [6, 6.07) is 2.59. The van der Waals surface area contributed by atoms with E-state index < -0.39 is 28.2 Å². The van der Waals surface area contributed by atoms with Gasteiger partial charge in [-0.3, -0.25) is 0 Å². The predicted molar refractivity (Wildman–Crippen MR) is 81.1 cm³/mol. The topological polar surface area (TPSA) is 67.4 Å². The van der Waals surface area contributed by atoms with Gasteiger partial charge >= 0.3 is 6.61 Å². The normalized spacial score (nSPS) is 18.5. The number of piperidine rings is 1. The summed E-state index contributed by atoms with van der Waals surface area (Å²) in [6.07, 6.45) is 2.94. The summed E-state index contributed by atoms with van der Waals surface area (Å²) in [6.45, 7) is -2.15. The lowest BCUT2D eigenvalue weighted by Crippen LogP contribution is -2.43. The molecule has 1 heterocycles. The van der Waals surface area contributed by atoms with Gasteiger partial charge in [0.1, 0.15) is 0 Å². The molecule has 0 aromatic heterocycles. The van der Waals surface area contributed by atoms with Gasteiger partial charge in [0.25, 0.3) is 0 Å². The molecule has 2 N–H and O–H groups in total. The highest BCUT2D eigenvalue weighted by atomic mass is 35.5. The zero-order valence-corrected chi connectivity index (χ0v) is 13.7. The van der Waals surface area contributed by atoms with Crippen LogP contribution < -0.4 is 14.8 Å². The van der Waals surface area contributed by atoms with Crippen LogP contribution in [-0.4, -0.2) is 34.2 Å². The molecule has 23 heavy (non-hydrogen) atoms. The summed E-state index contributed by atoms with van der Waals surface area (Å²) < 4.78 is 68.1. The molecule has 0 amide bonds. The summed E-state index contributed by atoms with van der Waals surface area (Å²) in [5, 5.41) is 3.18. The van der Waals surface area contributed by atoms with Crippen molar-refractivity contribution in [3.05, 3.63) is 24.0 Å². The Kier molecular flexibility index (Phi) is 7.59. The van der Waals surface area contributed by atoms with Crippen molar-refractivity contribution in [2.24, 2.45) is 0 Å². The number of hydrogen-bond acceptors (Lipinski definition) is 4. The maximum Gasteiger partial charge on any atom is 0.387 e. The van der Waals surface area contributed by atoms with Crippen molar-refractivity contribution >= 4 is 22.4 Å². The molecule has 132 valence electrons.